The highest BCUT2D eigenvalue weighted by Gasteiger charge is 2.07. The van der Waals surface area contributed by atoms with Crippen LogP contribution in [-0.4, -0.2) is 28.8 Å². The summed E-state index contributed by atoms with van der Waals surface area (Å²) < 4.78 is 13.2. The van der Waals surface area contributed by atoms with Crippen LogP contribution in [0.3, 0.4) is 0 Å². The fraction of sp³-hybridized carbons (Fsp3) is 0.417. The van der Waals surface area contributed by atoms with Gasteiger partial charge in [-0.05, 0) is 25.0 Å². The third-order valence-corrected chi connectivity index (χ3v) is 2.30. The first-order valence-electron chi connectivity index (χ1n) is 5.46. The molecule has 0 saturated carbocycles. The van der Waals surface area contributed by atoms with Crippen molar-refractivity contribution in [1.29, 1.82) is 0 Å². The van der Waals surface area contributed by atoms with Crippen molar-refractivity contribution < 1.29 is 19.4 Å². The van der Waals surface area contributed by atoms with E-state index in [-0.39, 0.29) is 24.6 Å². The third-order valence-electron chi connectivity index (χ3n) is 2.30. The molecule has 4 nitrogen and oxygen atoms in total. The number of hydrogen-bond donors (Lipinski definition) is 3. The summed E-state index contributed by atoms with van der Waals surface area (Å²) in [6.07, 6.45) is 0.186. The van der Waals surface area contributed by atoms with E-state index in [1.165, 1.54) is 12.1 Å². The Labute approximate surface area is 99.1 Å². The summed E-state index contributed by atoms with van der Waals surface area (Å²) in [5.74, 6) is -0.781. The van der Waals surface area contributed by atoms with Crippen molar-refractivity contribution in [2.45, 2.75) is 25.4 Å². The van der Waals surface area contributed by atoms with E-state index in [0.29, 0.717) is 12.8 Å². The fourth-order valence-corrected chi connectivity index (χ4v) is 1.36. The van der Waals surface area contributed by atoms with Crippen LogP contribution in [0.4, 0.5) is 10.1 Å². The van der Waals surface area contributed by atoms with Gasteiger partial charge in [0, 0.05) is 6.42 Å². The van der Waals surface area contributed by atoms with Crippen LogP contribution in [-0.2, 0) is 4.79 Å². The van der Waals surface area contributed by atoms with E-state index < -0.39 is 11.9 Å². The van der Waals surface area contributed by atoms with Gasteiger partial charge in [0.25, 0.3) is 0 Å². The Balaban J connectivity index is 2.33. The van der Waals surface area contributed by atoms with E-state index in [0.717, 1.165) is 0 Å². The molecular formula is C12H16FNO3. The molecule has 1 atom stereocenters. The Morgan fingerprint density at radius 3 is 2.76 bits per heavy atom. The zero-order chi connectivity index (χ0) is 12.7. The average Bonchev–Trinajstić information content (AvgIpc) is 2.32. The molecule has 3 N–H and O–H groups in total. The molecule has 5 heteroatoms. The minimum Gasteiger partial charge on any atom is -0.394 e. The Kier molecular flexibility index (Phi) is 5.59. The van der Waals surface area contributed by atoms with Gasteiger partial charge in [0.2, 0.25) is 5.91 Å². The van der Waals surface area contributed by atoms with Crippen molar-refractivity contribution >= 4 is 11.6 Å². The van der Waals surface area contributed by atoms with Crippen LogP contribution in [0.5, 0.6) is 0 Å². The second-order valence-corrected chi connectivity index (χ2v) is 3.76. The molecule has 0 aliphatic carbocycles. The van der Waals surface area contributed by atoms with E-state index in [1.807, 2.05) is 0 Å². The SMILES string of the molecule is O=C(CCC[C@@H](O)CO)Nc1ccccc1F. The normalized spacial score (nSPS) is 12.2. The zero-order valence-electron chi connectivity index (χ0n) is 9.40. The average molecular weight is 241 g/mol. The lowest BCUT2D eigenvalue weighted by Crippen LogP contribution is -2.15. The van der Waals surface area contributed by atoms with E-state index in [1.54, 1.807) is 12.1 Å². The third kappa shape index (κ3) is 4.93. The number of nitrogens with one attached hydrogen (secondary N) is 1. The number of hydrogen-bond acceptors (Lipinski definition) is 3. The lowest BCUT2D eigenvalue weighted by Gasteiger charge is -2.08. The van der Waals surface area contributed by atoms with Crippen LogP contribution in [0.15, 0.2) is 24.3 Å². The van der Waals surface area contributed by atoms with Gasteiger partial charge in [-0.15, -0.1) is 0 Å². The van der Waals surface area contributed by atoms with Crippen molar-refractivity contribution in [2.24, 2.45) is 0 Å². The van der Waals surface area contributed by atoms with E-state index in [4.69, 9.17) is 10.2 Å². The Hall–Kier alpha value is -1.46. The van der Waals surface area contributed by atoms with Crippen LogP contribution in [0.25, 0.3) is 0 Å². The highest BCUT2D eigenvalue weighted by Crippen LogP contribution is 2.13. The number of benzene rings is 1. The number of carbonyl (C=O) groups is 1. The molecule has 0 aliphatic heterocycles. The van der Waals surface area contributed by atoms with Crippen molar-refractivity contribution in [3.63, 3.8) is 0 Å². The second-order valence-electron chi connectivity index (χ2n) is 3.76. The second kappa shape index (κ2) is 6.98. The Morgan fingerprint density at radius 1 is 1.41 bits per heavy atom. The quantitative estimate of drug-likeness (QED) is 0.702. The maximum absolute atomic E-state index is 13.2. The first kappa shape index (κ1) is 13.6. The van der Waals surface area contributed by atoms with Crippen LogP contribution in [0, 0.1) is 5.82 Å². The van der Waals surface area contributed by atoms with Gasteiger partial charge in [-0.2, -0.15) is 0 Å². The first-order valence-corrected chi connectivity index (χ1v) is 5.46. The summed E-state index contributed by atoms with van der Waals surface area (Å²) in [7, 11) is 0. The van der Waals surface area contributed by atoms with Gasteiger partial charge in [-0.25, -0.2) is 4.39 Å². The Bertz CT molecular complexity index is 371. The highest BCUT2D eigenvalue weighted by molar-refractivity contribution is 5.90. The molecule has 0 fully saturated rings. The summed E-state index contributed by atoms with van der Waals surface area (Å²) in [6, 6.07) is 5.93. The number of rotatable bonds is 6. The largest absolute Gasteiger partial charge is 0.394 e. The fourth-order valence-electron chi connectivity index (χ4n) is 1.36. The van der Waals surface area contributed by atoms with Crippen molar-refractivity contribution in [3.8, 4) is 0 Å². The minimum atomic E-state index is -0.795. The standard InChI is InChI=1S/C12H16FNO3/c13-10-5-1-2-6-11(10)14-12(17)7-3-4-9(16)8-15/h1-2,5-6,9,15-16H,3-4,7-8H2,(H,14,17)/t9-/m1/s1. The molecule has 0 heterocycles. The molecule has 1 amide bonds. The summed E-state index contributed by atoms with van der Waals surface area (Å²) in [6.45, 7) is -0.311. The zero-order valence-corrected chi connectivity index (χ0v) is 9.40. The molecule has 17 heavy (non-hydrogen) atoms. The molecule has 1 aromatic rings. The number of aliphatic hydroxyl groups excluding tert-OH is 2. The Morgan fingerprint density at radius 2 is 2.12 bits per heavy atom. The molecule has 0 aromatic heterocycles. The molecule has 0 aliphatic rings. The topological polar surface area (TPSA) is 69.6 Å². The molecule has 94 valence electrons. The van der Waals surface area contributed by atoms with Crippen LogP contribution in [0.2, 0.25) is 0 Å². The molecule has 0 bridgehead atoms. The molecular weight excluding hydrogens is 225 g/mol. The lowest BCUT2D eigenvalue weighted by molar-refractivity contribution is -0.116. The molecule has 0 spiro atoms. The first-order chi connectivity index (χ1) is 8.13. The van der Waals surface area contributed by atoms with E-state index in [2.05, 4.69) is 5.32 Å². The van der Waals surface area contributed by atoms with E-state index >= 15 is 0 Å². The minimum absolute atomic E-state index is 0.153. The summed E-state index contributed by atoms with van der Waals surface area (Å²) >= 11 is 0. The predicted octanol–water partition coefficient (Wildman–Crippen LogP) is 1.29. The van der Waals surface area contributed by atoms with Gasteiger partial charge < -0.3 is 15.5 Å². The van der Waals surface area contributed by atoms with E-state index in [9.17, 15) is 9.18 Å². The van der Waals surface area contributed by atoms with Gasteiger partial charge in [-0.1, -0.05) is 12.1 Å². The number of anilines is 1. The molecule has 1 aromatic carbocycles. The van der Waals surface area contributed by atoms with Crippen molar-refractivity contribution in [3.05, 3.63) is 30.1 Å². The summed E-state index contributed by atoms with van der Waals surface area (Å²) in [5.41, 5.74) is 0.153. The summed E-state index contributed by atoms with van der Waals surface area (Å²) in [5, 5.41) is 20.1. The highest BCUT2D eigenvalue weighted by atomic mass is 19.1. The molecule has 0 unspecified atom stereocenters. The van der Waals surface area contributed by atoms with Gasteiger partial charge in [0.05, 0.1) is 18.4 Å². The maximum Gasteiger partial charge on any atom is 0.224 e. The number of para-hydroxylation sites is 1. The van der Waals surface area contributed by atoms with Crippen molar-refractivity contribution in [1.82, 2.24) is 0 Å². The number of carbonyl (C=O) groups excluding carboxylic acids is 1. The smallest absolute Gasteiger partial charge is 0.224 e. The van der Waals surface area contributed by atoms with Gasteiger partial charge in [0.1, 0.15) is 5.82 Å². The maximum atomic E-state index is 13.2. The van der Waals surface area contributed by atoms with Crippen LogP contribution < -0.4 is 5.32 Å². The number of aliphatic hydroxyl groups is 2. The van der Waals surface area contributed by atoms with Crippen molar-refractivity contribution in [2.75, 3.05) is 11.9 Å². The number of amides is 1. The van der Waals surface area contributed by atoms with Gasteiger partial charge >= 0.3 is 0 Å². The monoisotopic (exact) mass is 241 g/mol. The molecule has 0 radical (unpaired) electrons. The molecule has 0 saturated heterocycles. The van der Waals surface area contributed by atoms with Crippen LogP contribution in [0.1, 0.15) is 19.3 Å². The molecule has 1 rings (SSSR count). The summed E-state index contributed by atoms with van der Waals surface area (Å²) in [4.78, 5) is 11.4. The number of halogens is 1. The van der Waals surface area contributed by atoms with Gasteiger partial charge in [0.15, 0.2) is 0 Å². The predicted molar refractivity (Wildman–Crippen MR) is 62.0 cm³/mol. The van der Waals surface area contributed by atoms with Crippen LogP contribution >= 0.6 is 0 Å². The lowest BCUT2D eigenvalue weighted by atomic mass is 10.1. The van der Waals surface area contributed by atoms with Gasteiger partial charge in [-0.3, -0.25) is 4.79 Å².